The Morgan fingerprint density at radius 1 is 1.50 bits per heavy atom. The van der Waals surface area contributed by atoms with E-state index in [1.54, 1.807) is 0 Å². The number of hydrogen-bond acceptors (Lipinski definition) is 3. The Morgan fingerprint density at radius 2 is 2.22 bits per heavy atom. The zero-order valence-electron chi connectivity index (χ0n) is 9.83. The van der Waals surface area contributed by atoms with E-state index < -0.39 is 0 Å². The fraction of sp³-hybridized carbons (Fsp3) is 0.167. The Balaban J connectivity index is 2.22. The number of carbonyl (C=O) groups excluding carboxylic acids is 1. The normalized spacial score (nSPS) is 10.3. The molecule has 4 N–H and O–H groups in total. The minimum atomic E-state index is -0.299. The van der Waals surface area contributed by atoms with Gasteiger partial charge < -0.3 is 11.1 Å². The molecule has 1 aromatic carbocycles. The lowest BCUT2D eigenvalue weighted by Crippen LogP contribution is -2.15. The monoisotopic (exact) mass is 356 g/mol. The Labute approximate surface area is 118 Å². The van der Waals surface area contributed by atoms with Crippen LogP contribution < -0.4 is 11.1 Å². The van der Waals surface area contributed by atoms with Crippen LogP contribution in [-0.4, -0.2) is 16.1 Å². The maximum Gasteiger partial charge on any atom is 0.278 e. The molecule has 6 heteroatoms. The number of anilines is 2. The van der Waals surface area contributed by atoms with Gasteiger partial charge in [-0.25, -0.2) is 0 Å². The number of hydrogen-bond donors (Lipinski definition) is 3. The van der Waals surface area contributed by atoms with Gasteiger partial charge in [-0.1, -0.05) is 19.1 Å². The van der Waals surface area contributed by atoms with Crippen molar-refractivity contribution in [3.05, 3.63) is 39.2 Å². The average molecular weight is 356 g/mol. The fourth-order valence-electron chi connectivity index (χ4n) is 1.57. The summed E-state index contributed by atoms with van der Waals surface area (Å²) in [5, 5.41) is 9.51. The van der Waals surface area contributed by atoms with Crippen molar-refractivity contribution in [3.8, 4) is 0 Å². The van der Waals surface area contributed by atoms with E-state index in [2.05, 4.69) is 38.1 Å². The number of nitrogen functional groups attached to an aromatic ring is 1. The summed E-state index contributed by atoms with van der Waals surface area (Å²) < 4.78 is 0.966. The Morgan fingerprint density at radius 3 is 2.83 bits per heavy atom. The van der Waals surface area contributed by atoms with Crippen LogP contribution in [0.25, 0.3) is 0 Å². The lowest BCUT2D eigenvalue weighted by atomic mass is 10.2. The number of halogens is 1. The molecule has 0 atom stereocenters. The van der Waals surface area contributed by atoms with Gasteiger partial charge in [0.15, 0.2) is 5.69 Å². The van der Waals surface area contributed by atoms with E-state index in [0.29, 0.717) is 5.69 Å². The molecule has 1 aromatic heterocycles. The van der Waals surface area contributed by atoms with E-state index >= 15 is 0 Å². The lowest BCUT2D eigenvalue weighted by Gasteiger charge is -2.05. The van der Waals surface area contributed by atoms with Crippen LogP contribution in [-0.2, 0) is 6.42 Å². The van der Waals surface area contributed by atoms with Crippen LogP contribution in [0.3, 0.4) is 0 Å². The number of nitrogens with zero attached hydrogens (tertiary/aromatic N) is 1. The Hall–Kier alpha value is -1.57. The summed E-state index contributed by atoms with van der Waals surface area (Å²) in [5.41, 5.74) is 8.04. The molecule has 0 saturated carbocycles. The van der Waals surface area contributed by atoms with E-state index in [4.69, 9.17) is 5.73 Å². The molecule has 18 heavy (non-hydrogen) atoms. The van der Waals surface area contributed by atoms with Crippen LogP contribution >= 0.6 is 22.6 Å². The van der Waals surface area contributed by atoms with Crippen molar-refractivity contribution >= 4 is 39.9 Å². The first kappa shape index (κ1) is 12.9. The first-order valence-corrected chi connectivity index (χ1v) is 6.60. The largest absolute Gasteiger partial charge is 0.395 e. The van der Waals surface area contributed by atoms with Crippen LogP contribution in [0.2, 0.25) is 0 Å². The first-order chi connectivity index (χ1) is 8.63. The maximum atomic E-state index is 12.0. The molecular formula is C12H13IN4O. The van der Waals surface area contributed by atoms with Crippen molar-refractivity contribution in [1.29, 1.82) is 0 Å². The number of rotatable bonds is 3. The van der Waals surface area contributed by atoms with Crippen molar-refractivity contribution in [3.63, 3.8) is 0 Å². The fourth-order valence-corrected chi connectivity index (χ4v) is 2.10. The van der Waals surface area contributed by atoms with Crippen molar-refractivity contribution in [2.24, 2.45) is 0 Å². The SMILES string of the molecule is CCc1[nH]nc(C(=O)Nc2ccccc2I)c1N. The molecule has 0 aliphatic carbocycles. The molecule has 0 fully saturated rings. The molecule has 1 heterocycles. The van der Waals surface area contributed by atoms with Gasteiger partial charge in [0, 0.05) is 3.57 Å². The number of benzene rings is 1. The summed E-state index contributed by atoms with van der Waals surface area (Å²) in [5.74, 6) is -0.299. The van der Waals surface area contributed by atoms with E-state index in [1.807, 2.05) is 31.2 Å². The van der Waals surface area contributed by atoms with E-state index in [-0.39, 0.29) is 11.6 Å². The smallest absolute Gasteiger partial charge is 0.278 e. The minimum Gasteiger partial charge on any atom is -0.395 e. The van der Waals surface area contributed by atoms with E-state index in [9.17, 15) is 4.79 Å². The maximum absolute atomic E-state index is 12.0. The molecule has 2 rings (SSSR count). The highest BCUT2D eigenvalue weighted by molar-refractivity contribution is 14.1. The quantitative estimate of drug-likeness (QED) is 0.739. The third-order valence-electron chi connectivity index (χ3n) is 2.57. The molecule has 1 amide bonds. The van der Waals surface area contributed by atoms with Gasteiger partial charge >= 0.3 is 0 Å². The van der Waals surface area contributed by atoms with Gasteiger partial charge in [-0.15, -0.1) is 0 Å². The molecule has 0 bridgehead atoms. The molecule has 0 aliphatic rings. The summed E-state index contributed by atoms with van der Waals surface area (Å²) in [6, 6.07) is 7.53. The summed E-state index contributed by atoms with van der Waals surface area (Å²) in [6.45, 7) is 1.95. The topological polar surface area (TPSA) is 83.8 Å². The van der Waals surface area contributed by atoms with Gasteiger partial charge in [0.05, 0.1) is 17.1 Å². The minimum absolute atomic E-state index is 0.242. The third-order valence-corrected chi connectivity index (χ3v) is 3.51. The van der Waals surface area contributed by atoms with Crippen LogP contribution in [0.4, 0.5) is 11.4 Å². The first-order valence-electron chi connectivity index (χ1n) is 5.52. The summed E-state index contributed by atoms with van der Waals surface area (Å²) in [7, 11) is 0. The Kier molecular flexibility index (Phi) is 3.85. The molecule has 0 unspecified atom stereocenters. The zero-order chi connectivity index (χ0) is 13.1. The molecular weight excluding hydrogens is 343 g/mol. The standard InChI is InChI=1S/C12H13IN4O/c1-2-8-10(14)11(17-16-8)12(18)15-9-6-4-3-5-7(9)13/h3-6H,2,14H2,1H3,(H,15,18)(H,16,17). The highest BCUT2D eigenvalue weighted by atomic mass is 127. The average Bonchev–Trinajstić information content (AvgIpc) is 2.73. The summed E-state index contributed by atoms with van der Waals surface area (Å²) in [6.07, 6.45) is 0.717. The van der Waals surface area contributed by atoms with Gasteiger partial charge in [0.2, 0.25) is 0 Å². The highest BCUT2D eigenvalue weighted by Crippen LogP contribution is 2.20. The lowest BCUT2D eigenvalue weighted by molar-refractivity contribution is 0.102. The van der Waals surface area contributed by atoms with Crippen LogP contribution in [0.1, 0.15) is 23.1 Å². The molecule has 0 spiro atoms. The number of carbonyl (C=O) groups is 1. The van der Waals surface area contributed by atoms with Crippen molar-refractivity contribution in [1.82, 2.24) is 10.2 Å². The molecule has 0 aliphatic heterocycles. The predicted molar refractivity (Wildman–Crippen MR) is 79.5 cm³/mol. The number of aromatic amines is 1. The summed E-state index contributed by atoms with van der Waals surface area (Å²) in [4.78, 5) is 12.0. The number of aromatic nitrogens is 2. The molecule has 0 saturated heterocycles. The number of nitrogens with two attached hydrogens (primary N) is 1. The number of H-pyrrole nitrogens is 1. The van der Waals surface area contributed by atoms with Gasteiger partial charge in [0.1, 0.15) is 0 Å². The van der Waals surface area contributed by atoms with Gasteiger partial charge in [0.25, 0.3) is 5.91 Å². The predicted octanol–water partition coefficient (Wildman–Crippen LogP) is 2.41. The van der Waals surface area contributed by atoms with Crippen molar-refractivity contribution < 1.29 is 4.79 Å². The number of nitrogens with one attached hydrogen (secondary N) is 2. The molecule has 5 nitrogen and oxygen atoms in total. The third kappa shape index (κ3) is 2.47. The van der Waals surface area contributed by atoms with Crippen LogP contribution in [0, 0.1) is 3.57 Å². The molecule has 94 valence electrons. The molecule has 2 aromatic rings. The Bertz CT molecular complexity index is 579. The van der Waals surface area contributed by atoms with Crippen molar-refractivity contribution in [2.75, 3.05) is 11.1 Å². The second-order valence-corrected chi connectivity index (χ2v) is 4.91. The van der Waals surface area contributed by atoms with Crippen LogP contribution in [0.15, 0.2) is 24.3 Å². The number of amides is 1. The number of para-hydroxylation sites is 1. The molecule has 0 radical (unpaired) electrons. The van der Waals surface area contributed by atoms with Gasteiger partial charge in [-0.05, 0) is 41.1 Å². The van der Waals surface area contributed by atoms with Crippen LogP contribution in [0.5, 0.6) is 0 Å². The van der Waals surface area contributed by atoms with Gasteiger partial charge in [-0.2, -0.15) is 5.10 Å². The van der Waals surface area contributed by atoms with E-state index in [0.717, 1.165) is 21.4 Å². The zero-order valence-corrected chi connectivity index (χ0v) is 12.0. The summed E-state index contributed by atoms with van der Waals surface area (Å²) >= 11 is 2.16. The highest BCUT2D eigenvalue weighted by Gasteiger charge is 2.17. The second kappa shape index (κ2) is 5.38. The van der Waals surface area contributed by atoms with E-state index in [1.165, 1.54) is 0 Å². The van der Waals surface area contributed by atoms with Gasteiger partial charge in [-0.3, -0.25) is 9.89 Å². The number of aryl methyl sites for hydroxylation is 1. The second-order valence-electron chi connectivity index (χ2n) is 3.75. The van der Waals surface area contributed by atoms with Crippen molar-refractivity contribution in [2.45, 2.75) is 13.3 Å².